The van der Waals surface area contributed by atoms with Gasteiger partial charge in [-0.1, -0.05) is 48.5 Å². The van der Waals surface area contributed by atoms with E-state index in [4.69, 9.17) is 9.72 Å². The second-order valence-electron chi connectivity index (χ2n) is 8.42. The molecule has 2 aliphatic heterocycles. The predicted octanol–water partition coefficient (Wildman–Crippen LogP) is 3.24. The van der Waals surface area contributed by atoms with Crippen LogP contribution < -0.4 is 10.2 Å². The van der Waals surface area contributed by atoms with Crippen molar-refractivity contribution in [2.24, 2.45) is 0 Å². The van der Waals surface area contributed by atoms with E-state index in [9.17, 15) is 0 Å². The third kappa shape index (κ3) is 4.57. The van der Waals surface area contributed by atoms with Crippen LogP contribution in [0.1, 0.15) is 24.2 Å². The molecule has 2 aliphatic rings. The fourth-order valence-electron chi connectivity index (χ4n) is 4.53. The number of anilines is 2. The maximum atomic E-state index is 5.48. The monoisotopic (exact) mass is 418 g/mol. The van der Waals surface area contributed by atoms with Gasteiger partial charge in [0.15, 0.2) is 5.82 Å². The Bertz CT molecular complexity index is 946. The van der Waals surface area contributed by atoms with Gasteiger partial charge in [-0.2, -0.15) is 4.98 Å². The molecule has 7 nitrogen and oxygen atoms in total. The molecule has 31 heavy (non-hydrogen) atoms. The van der Waals surface area contributed by atoms with Crippen LogP contribution in [0.5, 0.6) is 0 Å². The van der Waals surface area contributed by atoms with Gasteiger partial charge < -0.3 is 15.0 Å². The standard InChI is InChI=1S/C24H30N6O/c1-3-7-20(8-4-1)19-29-13-11-24(12-14-29,26-21-9-5-2-6-10-21)22-25-23(28-27-22)30-15-17-31-18-16-30/h1-10,26H,11-19H2,(H,25,27,28). The van der Waals surface area contributed by atoms with E-state index in [-0.39, 0.29) is 5.54 Å². The van der Waals surface area contributed by atoms with Crippen molar-refractivity contribution in [3.8, 4) is 0 Å². The zero-order valence-electron chi connectivity index (χ0n) is 17.8. The summed E-state index contributed by atoms with van der Waals surface area (Å²) in [5.74, 6) is 1.71. The third-order valence-electron chi connectivity index (χ3n) is 6.34. The summed E-state index contributed by atoms with van der Waals surface area (Å²) in [6, 6.07) is 21.1. The second-order valence-corrected chi connectivity index (χ2v) is 8.42. The number of para-hydroxylation sites is 1. The Morgan fingerprint density at radius 3 is 2.29 bits per heavy atom. The van der Waals surface area contributed by atoms with Crippen molar-refractivity contribution >= 4 is 11.6 Å². The average molecular weight is 419 g/mol. The average Bonchev–Trinajstić information content (AvgIpc) is 3.34. The fraction of sp³-hybridized carbons (Fsp3) is 0.417. The number of H-pyrrole nitrogens is 1. The lowest BCUT2D eigenvalue weighted by Crippen LogP contribution is -2.47. The van der Waals surface area contributed by atoms with E-state index in [0.29, 0.717) is 0 Å². The van der Waals surface area contributed by atoms with Crippen LogP contribution in [0, 0.1) is 0 Å². The summed E-state index contributed by atoms with van der Waals surface area (Å²) in [7, 11) is 0. The first kappa shape index (κ1) is 20.0. The largest absolute Gasteiger partial charge is 0.378 e. The Kier molecular flexibility index (Phi) is 5.86. The molecule has 2 N–H and O–H groups in total. The number of likely N-dealkylation sites (tertiary alicyclic amines) is 1. The SMILES string of the molecule is c1ccc(CN2CCC(Nc3ccccc3)(c3nc(N4CCOCC4)n[nH]3)CC2)cc1. The molecule has 2 saturated heterocycles. The molecule has 2 aromatic carbocycles. The lowest BCUT2D eigenvalue weighted by Gasteiger charge is -2.41. The van der Waals surface area contributed by atoms with Gasteiger partial charge >= 0.3 is 0 Å². The molecule has 0 spiro atoms. The molecule has 0 aliphatic carbocycles. The molecular formula is C24H30N6O. The predicted molar refractivity (Wildman–Crippen MR) is 122 cm³/mol. The van der Waals surface area contributed by atoms with Gasteiger partial charge in [-0.15, -0.1) is 5.10 Å². The Morgan fingerprint density at radius 1 is 0.903 bits per heavy atom. The van der Waals surface area contributed by atoms with Crippen molar-refractivity contribution in [3.05, 3.63) is 72.1 Å². The van der Waals surface area contributed by atoms with Crippen LogP contribution in [0.15, 0.2) is 60.7 Å². The van der Waals surface area contributed by atoms with Crippen LogP contribution in [-0.2, 0) is 16.8 Å². The van der Waals surface area contributed by atoms with E-state index in [1.54, 1.807) is 0 Å². The van der Waals surface area contributed by atoms with Gasteiger partial charge in [0.1, 0.15) is 0 Å². The van der Waals surface area contributed by atoms with Crippen LogP contribution in [0.25, 0.3) is 0 Å². The van der Waals surface area contributed by atoms with Crippen molar-refractivity contribution in [1.29, 1.82) is 0 Å². The summed E-state index contributed by atoms with van der Waals surface area (Å²) in [5.41, 5.74) is 2.22. The fourth-order valence-corrected chi connectivity index (χ4v) is 4.53. The maximum absolute atomic E-state index is 5.48. The highest BCUT2D eigenvalue weighted by Crippen LogP contribution is 2.35. The molecule has 0 bridgehead atoms. The highest BCUT2D eigenvalue weighted by molar-refractivity contribution is 5.47. The van der Waals surface area contributed by atoms with Crippen molar-refractivity contribution in [2.75, 3.05) is 49.6 Å². The number of nitrogens with one attached hydrogen (secondary N) is 2. The molecule has 0 unspecified atom stereocenters. The number of ether oxygens (including phenoxy) is 1. The summed E-state index contributed by atoms with van der Waals surface area (Å²) in [6.07, 6.45) is 1.93. The van der Waals surface area contributed by atoms with Crippen LogP contribution in [0.3, 0.4) is 0 Å². The highest BCUT2D eigenvalue weighted by atomic mass is 16.5. The number of aromatic amines is 1. The Hall–Kier alpha value is -2.90. The van der Waals surface area contributed by atoms with E-state index in [1.807, 2.05) is 6.07 Å². The molecule has 0 amide bonds. The Balaban J connectivity index is 1.35. The zero-order valence-corrected chi connectivity index (χ0v) is 17.8. The summed E-state index contributed by atoms with van der Waals surface area (Å²) in [5, 5.41) is 11.7. The van der Waals surface area contributed by atoms with Crippen LogP contribution in [0.2, 0.25) is 0 Å². The number of aromatic nitrogens is 3. The number of rotatable bonds is 6. The van der Waals surface area contributed by atoms with E-state index in [1.165, 1.54) is 5.56 Å². The molecule has 5 rings (SSSR count). The quantitative estimate of drug-likeness (QED) is 0.641. The first-order chi connectivity index (χ1) is 15.3. The van der Waals surface area contributed by atoms with Gasteiger partial charge in [0.2, 0.25) is 5.95 Å². The van der Waals surface area contributed by atoms with Crippen molar-refractivity contribution < 1.29 is 4.74 Å². The van der Waals surface area contributed by atoms with Gasteiger partial charge in [-0.25, -0.2) is 0 Å². The van der Waals surface area contributed by atoms with Crippen molar-refractivity contribution in [1.82, 2.24) is 20.1 Å². The van der Waals surface area contributed by atoms with E-state index in [2.05, 4.69) is 79.9 Å². The first-order valence-electron chi connectivity index (χ1n) is 11.2. The van der Waals surface area contributed by atoms with Crippen LogP contribution in [0.4, 0.5) is 11.6 Å². The van der Waals surface area contributed by atoms with Crippen molar-refractivity contribution in [2.45, 2.75) is 24.9 Å². The number of hydrogen-bond acceptors (Lipinski definition) is 6. The van der Waals surface area contributed by atoms with Gasteiger partial charge in [0.05, 0.1) is 18.8 Å². The minimum absolute atomic E-state index is 0.258. The van der Waals surface area contributed by atoms with Gasteiger partial charge in [-0.05, 0) is 30.5 Å². The van der Waals surface area contributed by atoms with Gasteiger partial charge in [0.25, 0.3) is 0 Å². The zero-order chi connectivity index (χ0) is 20.9. The Labute approximate surface area is 183 Å². The second kappa shape index (κ2) is 9.08. The highest BCUT2D eigenvalue weighted by Gasteiger charge is 2.39. The smallest absolute Gasteiger partial charge is 0.244 e. The van der Waals surface area contributed by atoms with Gasteiger partial charge in [0, 0.05) is 38.4 Å². The summed E-state index contributed by atoms with van der Waals surface area (Å²) in [6.45, 7) is 6.11. The van der Waals surface area contributed by atoms with Crippen LogP contribution >= 0.6 is 0 Å². The molecule has 7 heteroatoms. The number of nitrogens with zero attached hydrogens (tertiary/aromatic N) is 4. The van der Waals surface area contributed by atoms with Gasteiger partial charge in [-0.3, -0.25) is 10.00 Å². The molecule has 2 fully saturated rings. The molecule has 0 atom stereocenters. The minimum Gasteiger partial charge on any atom is -0.378 e. The van der Waals surface area contributed by atoms with E-state index < -0.39 is 0 Å². The third-order valence-corrected chi connectivity index (χ3v) is 6.34. The lowest BCUT2D eigenvalue weighted by atomic mass is 9.86. The Morgan fingerprint density at radius 2 is 1.58 bits per heavy atom. The number of morpholine rings is 1. The topological polar surface area (TPSA) is 69.3 Å². The van der Waals surface area contributed by atoms with Crippen molar-refractivity contribution in [3.63, 3.8) is 0 Å². The molecule has 3 heterocycles. The van der Waals surface area contributed by atoms with E-state index in [0.717, 1.165) is 76.2 Å². The number of benzene rings is 2. The molecule has 1 aromatic heterocycles. The summed E-state index contributed by atoms with van der Waals surface area (Å²) >= 11 is 0. The molecule has 0 radical (unpaired) electrons. The number of hydrogen-bond donors (Lipinski definition) is 2. The minimum atomic E-state index is -0.258. The number of piperidine rings is 1. The maximum Gasteiger partial charge on any atom is 0.244 e. The normalized spacial score (nSPS) is 19.3. The first-order valence-corrected chi connectivity index (χ1v) is 11.2. The molecule has 3 aromatic rings. The van der Waals surface area contributed by atoms with E-state index >= 15 is 0 Å². The molecule has 162 valence electrons. The lowest BCUT2D eigenvalue weighted by molar-refractivity contribution is 0.122. The summed E-state index contributed by atoms with van der Waals surface area (Å²) in [4.78, 5) is 9.68. The molecule has 0 saturated carbocycles. The molecular weight excluding hydrogens is 388 g/mol. The van der Waals surface area contributed by atoms with Crippen LogP contribution in [-0.4, -0.2) is 59.5 Å². The summed E-state index contributed by atoms with van der Waals surface area (Å²) < 4.78 is 5.48.